The number of hydrogen-bond donors (Lipinski definition) is 1. The minimum atomic E-state index is -0.0491. The number of hydrogen-bond acceptors (Lipinski definition) is 3. The molecular weight excluding hydrogens is 334 g/mol. The van der Waals surface area contributed by atoms with Gasteiger partial charge in [0.15, 0.2) is 0 Å². The number of carbonyl (C=O) groups excluding carboxylic acids is 1. The Labute approximate surface area is 144 Å². The maximum Gasteiger partial charge on any atom is 0.244 e. The van der Waals surface area contributed by atoms with Crippen LogP contribution >= 0.6 is 34.7 Å². The van der Waals surface area contributed by atoms with Crippen molar-refractivity contribution < 1.29 is 4.79 Å². The summed E-state index contributed by atoms with van der Waals surface area (Å²) in [6.45, 7) is 2.77. The average Bonchev–Trinajstić information content (AvgIpc) is 3.05. The highest BCUT2D eigenvalue weighted by molar-refractivity contribution is 8.01. The van der Waals surface area contributed by atoms with Crippen LogP contribution in [0.5, 0.6) is 0 Å². The summed E-state index contributed by atoms with van der Waals surface area (Å²) >= 11 is 9.15. The van der Waals surface area contributed by atoms with E-state index in [2.05, 4.69) is 23.7 Å². The van der Waals surface area contributed by atoms with Crippen molar-refractivity contribution in [2.24, 2.45) is 0 Å². The number of benzene rings is 1. The first-order chi connectivity index (χ1) is 10.6. The fraction of sp³-hybridized carbons (Fsp3) is 0.235. The van der Waals surface area contributed by atoms with E-state index in [1.54, 1.807) is 29.2 Å². The van der Waals surface area contributed by atoms with Gasteiger partial charge in [-0.2, -0.15) is 0 Å². The van der Waals surface area contributed by atoms with E-state index in [1.165, 1.54) is 10.4 Å². The lowest BCUT2D eigenvalue weighted by Gasteiger charge is -2.09. The third-order valence-corrected chi connectivity index (χ3v) is 5.27. The average molecular weight is 352 g/mol. The number of rotatable bonds is 7. The summed E-state index contributed by atoms with van der Waals surface area (Å²) in [6, 6.07) is 11.9. The standard InChI is InChI=1S/C17H18ClNOS2/c1-13(16-3-2-9-22-16)11-19-17(20)8-10-21-12-14-4-6-15(18)7-5-14/h2-10,13H,11-12H2,1H3,(H,19,20)/b10-8-. The molecule has 0 fully saturated rings. The normalized spacial score (nSPS) is 12.5. The zero-order chi connectivity index (χ0) is 15.8. The molecule has 0 aliphatic carbocycles. The van der Waals surface area contributed by atoms with E-state index < -0.39 is 0 Å². The first-order valence-corrected chi connectivity index (χ1v) is 9.29. The van der Waals surface area contributed by atoms with E-state index >= 15 is 0 Å². The molecule has 1 amide bonds. The van der Waals surface area contributed by atoms with Crippen LogP contribution in [0.3, 0.4) is 0 Å². The maximum absolute atomic E-state index is 11.7. The van der Waals surface area contributed by atoms with Crippen LogP contribution in [0.4, 0.5) is 0 Å². The molecule has 2 rings (SSSR count). The summed E-state index contributed by atoms with van der Waals surface area (Å²) in [5.74, 6) is 1.12. The fourth-order valence-electron chi connectivity index (χ4n) is 1.82. The number of amides is 1. The zero-order valence-electron chi connectivity index (χ0n) is 12.3. The lowest BCUT2D eigenvalue weighted by molar-refractivity contribution is -0.116. The van der Waals surface area contributed by atoms with E-state index in [-0.39, 0.29) is 5.91 Å². The molecule has 1 N–H and O–H groups in total. The van der Waals surface area contributed by atoms with Gasteiger partial charge in [-0.25, -0.2) is 0 Å². The monoisotopic (exact) mass is 351 g/mol. The van der Waals surface area contributed by atoms with Crippen molar-refractivity contribution in [1.82, 2.24) is 5.32 Å². The minimum Gasteiger partial charge on any atom is -0.352 e. The highest BCUT2D eigenvalue weighted by atomic mass is 35.5. The Balaban J connectivity index is 1.67. The van der Waals surface area contributed by atoms with Crippen LogP contribution < -0.4 is 5.32 Å². The molecule has 1 heterocycles. The van der Waals surface area contributed by atoms with Crippen LogP contribution in [0.2, 0.25) is 5.02 Å². The summed E-state index contributed by atoms with van der Waals surface area (Å²) < 4.78 is 0. The Kier molecular flexibility index (Phi) is 7.03. The number of carbonyl (C=O) groups is 1. The predicted molar refractivity (Wildman–Crippen MR) is 97.6 cm³/mol. The molecule has 0 spiro atoms. The molecule has 2 aromatic rings. The molecule has 0 aliphatic heterocycles. The Morgan fingerprint density at radius 3 is 2.82 bits per heavy atom. The van der Waals surface area contributed by atoms with Crippen LogP contribution in [0.25, 0.3) is 0 Å². The number of thiophene rings is 1. The number of thioether (sulfide) groups is 1. The van der Waals surface area contributed by atoms with E-state index in [9.17, 15) is 4.79 Å². The molecule has 1 aromatic carbocycles. The zero-order valence-corrected chi connectivity index (χ0v) is 14.7. The third kappa shape index (κ3) is 5.87. The van der Waals surface area contributed by atoms with Gasteiger partial charge in [0.2, 0.25) is 5.91 Å². The van der Waals surface area contributed by atoms with Gasteiger partial charge < -0.3 is 5.32 Å². The van der Waals surface area contributed by atoms with Crippen LogP contribution in [0.1, 0.15) is 23.3 Å². The molecule has 0 aliphatic rings. The summed E-state index contributed by atoms with van der Waals surface area (Å²) in [5.41, 5.74) is 1.19. The largest absolute Gasteiger partial charge is 0.352 e. The van der Waals surface area contributed by atoms with E-state index in [1.807, 2.05) is 35.7 Å². The summed E-state index contributed by atoms with van der Waals surface area (Å²) in [4.78, 5) is 13.0. The van der Waals surface area contributed by atoms with E-state index in [0.29, 0.717) is 12.5 Å². The summed E-state index contributed by atoms with van der Waals surface area (Å²) in [6.07, 6.45) is 1.59. The smallest absolute Gasteiger partial charge is 0.244 e. The molecular formula is C17H18ClNOS2. The first kappa shape index (κ1) is 17.1. The second-order valence-electron chi connectivity index (χ2n) is 4.90. The van der Waals surface area contributed by atoms with Crippen molar-refractivity contribution in [3.05, 3.63) is 68.7 Å². The highest BCUT2D eigenvalue weighted by Gasteiger charge is 2.06. The van der Waals surface area contributed by atoms with E-state index in [0.717, 1.165) is 10.8 Å². The molecule has 116 valence electrons. The Morgan fingerprint density at radius 2 is 2.14 bits per heavy atom. The van der Waals surface area contributed by atoms with Gasteiger partial charge in [0.25, 0.3) is 0 Å². The van der Waals surface area contributed by atoms with Crippen molar-refractivity contribution in [1.29, 1.82) is 0 Å². The van der Waals surface area contributed by atoms with Crippen LogP contribution in [0, 0.1) is 0 Å². The molecule has 1 atom stereocenters. The van der Waals surface area contributed by atoms with Crippen LogP contribution in [-0.4, -0.2) is 12.5 Å². The molecule has 0 bridgehead atoms. The van der Waals surface area contributed by atoms with Gasteiger partial charge in [-0.1, -0.05) is 36.7 Å². The number of halogens is 1. The molecule has 0 radical (unpaired) electrons. The molecule has 0 saturated carbocycles. The molecule has 0 saturated heterocycles. The van der Waals surface area contributed by atoms with Gasteiger partial charge in [-0.15, -0.1) is 23.1 Å². The molecule has 1 aromatic heterocycles. The third-order valence-electron chi connectivity index (χ3n) is 3.09. The van der Waals surface area contributed by atoms with Crippen molar-refractivity contribution in [2.75, 3.05) is 6.54 Å². The van der Waals surface area contributed by atoms with Gasteiger partial charge in [0, 0.05) is 34.2 Å². The van der Waals surface area contributed by atoms with Crippen molar-refractivity contribution in [2.45, 2.75) is 18.6 Å². The van der Waals surface area contributed by atoms with Gasteiger partial charge in [-0.3, -0.25) is 4.79 Å². The summed E-state index contributed by atoms with van der Waals surface area (Å²) in [5, 5.41) is 7.56. The lowest BCUT2D eigenvalue weighted by atomic mass is 10.1. The second-order valence-corrected chi connectivity index (χ2v) is 7.21. The quantitative estimate of drug-likeness (QED) is 0.706. The Bertz CT molecular complexity index is 608. The molecule has 1 unspecified atom stereocenters. The summed E-state index contributed by atoms with van der Waals surface area (Å²) in [7, 11) is 0. The SMILES string of the molecule is CC(CNC(=O)/C=C\SCc1ccc(Cl)cc1)c1cccs1. The van der Waals surface area contributed by atoms with Gasteiger partial charge >= 0.3 is 0 Å². The topological polar surface area (TPSA) is 29.1 Å². The van der Waals surface area contributed by atoms with Crippen molar-refractivity contribution >= 4 is 40.6 Å². The van der Waals surface area contributed by atoms with Crippen LogP contribution in [-0.2, 0) is 10.5 Å². The van der Waals surface area contributed by atoms with Crippen molar-refractivity contribution in [3.63, 3.8) is 0 Å². The fourth-order valence-corrected chi connectivity index (χ4v) is 3.43. The first-order valence-electron chi connectivity index (χ1n) is 6.99. The van der Waals surface area contributed by atoms with Crippen LogP contribution in [0.15, 0.2) is 53.3 Å². The van der Waals surface area contributed by atoms with E-state index in [4.69, 9.17) is 11.6 Å². The molecule has 5 heteroatoms. The minimum absolute atomic E-state index is 0.0491. The molecule has 22 heavy (non-hydrogen) atoms. The predicted octanol–water partition coefficient (Wildman–Crippen LogP) is 5.07. The lowest BCUT2D eigenvalue weighted by Crippen LogP contribution is -2.25. The van der Waals surface area contributed by atoms with Gasteiger partial charge in [0.05, 0.1) is 0 Å². The van der Waals surface area contributed by atoms with Gasteiger partial charge in [-0.05, 0) is 34.6 Å². The number of nitrogens with one attached hydrogen (secondary N) is 1. The maximum atomic E-state index is 11.7. The Morgan fingerprint density at radius 1 is 1.36 bits per heavy atom. The van der Waals surface area contributed by atoms with Gasteiger partial charge in [0.1, 0.15) is 0 Å². The van der Waals surface area contributed by atoms with Crippen molar-refractivity contribution in [3.8, 4) is 0 Å². The Hall–Kier alpha value is -1.23. The second kappa shape index (κ2) is 9.03. The highest BCUT2D eigenvalue weighted by Crippen LogP contribution is 2.19. The molecule has 2 nitrogen and oxygen atoms in total.